The van der Waals surface area contributed by atoms with Crippen molar-refractivity contribution in [3.63, 3.8) is 0 Å². The number of amides is 2. The predicted molar refractivity (Wildman–Crippen MR) is 108 cm³/mol. The minimum Gasteiger partial charge on any atom is -0.497 e. The molecule has 0 radical (unpaired) electrons. The van der Waals surface area contributed by atoms with Crippen LogP contribution in [0.2, 0.25) is 5.02 Å². The molecular weight excluding hydrogens is 378 g/mol. The summed E-state index contributed by atoms with van der Waals surface area (Å²) in [4.78, 5) is 30.3. The fraction of sp³-hybridized carbons (Fsp3) is 0.333. The van der Waals surface area contributed by atoms with Gasteiger partial charge >= 0.3 is 0 Å². The van der Waals surface area contributed by atoms with E-state index in [4.69, 9.17) is 16.3 Å². The molecule has 0 aromatic heterocycles. The maximum absolute atomic E-state index is 13.0. The van der Waals surface area contributed by atoms with Crippen molar-refractivity contribution in [2.75, 3.05) is 43.1 Å². The van der Waals surface area contributed by atoms with E-state index in [1.165, 1.54) is 4.90 Å². The quantitative estimate of drug-likeness (QED) is 0.788. The van der Waals surface area contributed by atoms with E-state index in [1.54, 1.807) is 31.4 Å². The zero-order valence-electron chi connectivity index (χ0n) is 15.7. The number of para-hydroxylation sites is 1. The number of hydrogen-bond acceptors (Lipinski definition) is 4. The summed E-state index contributed by atoms with van der Waals surface area (Å²) in [6.07, 6.45) is 0.256. The molecule has 6 nitrogen and oxygen atoms in total. The molecule has 146 valence electrons. The first-order valence-corrected chi connectivity index (χ1v) is 9.81. The van der Waals surface area contributed by atoms with Crippen LogP contribution in [0, 0.1) is 0 Å². The Labute approximate surface area is 169 Å². The number of rotatable bonds is 4. The van der Waals surface area contributed by atoms with Gasteiger partial charge in [-0.1, -0.05) is 23.7 Å². The zero-order valence-corrected chi connectivity index (χ0v) is 16.5. The van der Waals surface area contributed by atoms with Gasteiger partial charge in [0.15, 0.2) is 6.04 Å². The molecule has 0 bridgehead atoms. The maximum atomic E-state index is 13.0. The normalized spacial score (nSPS) is 20.7. The van der Waals surface area contributed by atoms with Crippen molar-refractivity contribution in [1.82, 2.24) is 0 Å². The fourth-order valence-corrected chi connectivity index (χ4v) is 4.30. The van der Waals surface area contributed by atoms with Gasteiger partial charge in [0.05, 0.1) is 56.1 Å². The van der Waals surface area contributed by atoms with E-state index in [9.17, 15) is 9.59 Å². The lowest BCUT2D eigenvalue weighted by molar-refractivity contribution is -0.915. The van der Waals surface area contributed by atoms with Crippen LogP contribution < -0.4 is 19.4 Å². The number of piperazine rings is 1. The number of anilines is 2. The summed E-state index contributed by atoms with van der Waals surface area (Å²) in [6, 6.07) is 14.5. The number of hydrogen-bond donors (Lipinski definition) is 1. The maximum Gasteiger partial charge on any atom is 0.292 e. The van der Waals surface area contributed by atoms with Gasteiger partial charge in [0.25, 0.3) is 5.91 Å². The standard InChI is InChI=1S/C21H22ClN3O3/c1-28-16-8-6-15(7-9-16)25-20(26)14-19(21(25)27)24-12-10-23(11-13-24)18-5-3-2-4-17(18)22/h2-9,19H,10-14H2,1H3/p+1. The van der Waals surface area contributed by atoms with E-state index >= 15 is 0 Å². The van der Waals surface area contributed by atoms with Crippen LogP contribution >= 0.6 is 11.6 Å². The molecule has 0 spiro atoms. The first-order valence-electron chi connectivity index (χ1n) is 9.43. The van der Waals surface area contributed by atoms with Crippen molar-refractivity contribution < 1.29 is 19.2 Å². The van der Waals surface area contributed by atoms with Crippen molar-refractivity contribution in [3.8, 4) is 5.75 Å². The molecule has 0 aliphatic carbocycles. The smallest absolute Gasteiger partial charge is 0.292 e. The number of quaternary nitrogens is 1. The summed E-state index contributed by atoms with van der Waals surface area (Å²) >= 11 is 6.31. The van der Waals surface area contributed by atoms with Gasteiger partial charge in [-0.2, -0.15) is 0 Å². The lowest BCUT2D eigenvalue weighted by Gasteiger charge is -2.36. The zero-order chi connectivity index (χ0) is 19.7. The summed E-state index contributed by atoms with van der Waals surface area (Å²) in [5.41, 5.74) is 1.63. The molecule has 2 saturated heterocycles. The van der Waals surface area contributed by atoms with E-state index in [-0.39, 0.29) is 24.3 Å². The van der Waals surface area contributed by atoms with Crippen molar-refractivity contribution in [2.45, 2.75) is 12.5 Å². The van der Waals surface area contributed by atoms with Crippen molar-refractivity contribution in [1.29, 1.82) is 0 Å². The van der Waals surface area contributed by atoms with E-state index in [2.05, 4.69) is 4.90 Å². The highest BCUT2D eigenvalue weighted by atomic mass is 35.5. The first-order chi connectivity index (χ1) is 13.6. The number of methoxy groups -OCH3 is 1. The average molecular weight is 401 g/mol. The highest BCUT2D eigenvalue weighted by Crippen LogP contribution is 2.26. The largest absolute Gasteiger partial charge is 0.497 e. The number of nitrogens with zero attached hydrogens (tertiary/aromatic N) is 2. The molecule has 2 aliphatic rings. The second-order valence-electron chi connectivity index (χ2n) is 7.12. The summed E-state index contributed by atoms with van der Waals surface area (Å²) in [5.74, 6) is 0.443. The van der Waals surface area contributed by atoms with E-state index in [1.807, 2.05) is 24.3 Å². The highest BCUT2D eigenvalue weighted by Gasteiger charge is 2.46. The number of nitrogens with one attached hydrogen (secondary N) is 1. The van der Waals surface area contributed by atoms with Crippen LogP contribution in [-0.2, 0) is 9.59 Å². The van der Waals surface area contributed by atoms with Gasteiger partial charge in [0.2, 0.25) is 5.91 Å². The Balaban J connectivity index is 1.44. The minimum absolute atomic E-state index is 0.114. The van der Waals surface area contributed by atoms with Crippen LogP contribution in [0.15, 0.2) is 48.5 Å². The predicted octanol–water partition coefficient (Wildman–Crippen LogP) is 1.39. The van der Waals surface area contributed by atoms with E-state index in [0.717, 1.165) is 41.8 Å². The van der Waals surface area contributed by atoms with Gasteiger partial charge in [-0.05, 0) is 36.4 Å². The Hall–Kier alpha value is -2.57. The monoisotopic (exact) mass is 400 g/mol. The molecule has 2 aliphatic heterocycles. The number of carbonyl (C=O) groups is 2. The number of imide groups is 1. The second kappa shape index (κ2) is 7.81. The first kappa shape index (κ1) is 18.8. The molecule has 2 fully saturated rings. The molecule has 1 unspecified atom stereocenters. The molecule has 1 atom stereocenters. The van der Waals surface area contributed by atoms with Gasteiger partial charge in [-0.15, -0.1) is 0 Å². The van der Waals surface area contributed by atoms with Crippen LogP contribution in [0.3, 0.4) is 0 Å². The number of ether oxygens (including phenoxy) is 1. The number of carbonyl (C=O) groups excluding carboxylic acids is 2. The third-order valence-electron chi connectivity index (χ3n) is 5.57. The Kier molecular flexibility index (Phi) is 5.24. The SMILES string of the molecule is COc1ccc(N2C(=O)CC([NH+]3CCN(c4ccccc4Cl)CC3)C2=O)cc1. The molecule has 2 heterocycles. The molecular formula is C21H23ClN3O3+. The van der Waals surface area contributed by atoms with Gasteiger partial charge in [0, 0.05) is 0 Å². The number of benzene rings is 2. The lowest BCUT2D eigenvalue weighted by atomic mass is 10.1. The molecule has 0 saturated carbocycles. The Morgan fingerprint density at radius 2 is 1.71 bits per heavy atom. The molecule has 4 rings (SSSR count). The highest BCUT2D eigenvalue weighted by molar-refractivity contribution is 6.33. The second-order valence-corrected chi connectivity index (χ2v) is 7.53. The molecule has 2 aromatic rings. The lowest BCUT2D eigenvalue weighted by Crippen LogP contribution is -3.19. The van der Waals surface area contributed by atoms with Crippen LogP contribution in [0.25, 0.3) is 0 Å². The Morgan fingerprint density at radius 1 is 1.04 bits per heavy atom. The van der Waals surface area contributed by atoms with Crippen LogP contribution in [0.4, 0.5) is 11.4 Å². The van der Waals surface area contributed by atoms with Crippen LogP contribution in [0.1, 0.15) is 6.42 Å². The van der Waals surface area contributed by atoms with Gasteiger partial charge in [0.1, 0.15) is 5.75 Å². The Morgan fingerprint density at radius 3 is 2.36 bits per heavy atom. The summed E-state index contributed by atoms with van der Waals surface area (Å²) in [5, 5.41) is 0.740. The van der Waals surface area contributed by atoms with E-state index < -0.39 is 0 Å². The Bertz CT molecular complexity index is 879. The van der Waals surface area contributed by atoms with Crippen molar-refractivity contribution in [3.05, 3.63) is 53.6 Å². The van der Waals surface area contributed by atoms with Crippen LogP contribution in [-0.4, -0.2) is 51.1 Å². The summed E-state index contributed by atoms with van der Waals surface area (Å²) in [6.45, 7) is 3.20. The van der Waals surface area contributed by atoms with E-state index in [0.29, 0.717) is 11.4 Å². The van der Waals surface area contributed by atoms with Crippen molar-refractivity contribution in [2.24, 2.45) is 0 Å². The van der Waals surface area contributed by atoms with Gasteiger partial charge in [-0.3, -0.25) is 9.59 Å². The molecule has 2 amide bonds. The summed E-state index contributed by atoms with van der Waals surface area (Å²) in [7, 11) is 1.59. The topological polar surface area (TPSA) is 54.3 Å². The minimum atomic E-state index is -0.317. The molecule has 1 N–H and O–H groups in total. The van der Waals surface area contributed by atoms with Crippen molar-refractivity contribution >= 4 is 34.8 Å². The summed E-state index contributed by atoms with van der Waals surface area (Å²) < 4.78 is 5.15. The van der Waals surface area contributed by atoms with Crippen LogP contribution in [0.5, 0.6) is 5.75 Å². The molecule has 28 heavy (non-hydrogen) atoms. The third kappa shape index (κ3) is 3.45. The van der Waals surface area contributed by atoms with Gasteiger partial charge in [-0.25, -0.2) is 4.90 Å². The number of halogens is 1. The third-order valence-corrected chi connectivity index (χ3v) is 5.89. The molecule has 2 aromatic carbocycles. The molecule has 7 heteroatoms. The fourth-order valence-electron chi connectivity index (χ4n) is 4.04. The van der Waals surface area contributed by atoms with Gasteiger partial charge < -0.3 is 14.5 Å². The average Bonchev–Trinajstić information content (AvgIpc) is 3.03.